The number of piperazine rings is 1. The SMILES string of the molecule is CSc1ccc(-c2nccs2)c2oc(N3CC4CC(C3)N4C(=O)OC(C)(C)C)nc12. The molecule has 3 fully saturated rings. The van der Waals surface area contributed by atoms with Gasteiger partial charge in [0, 0.05) is 29.6 Å². The average Bonchev–Trinajstić information content (AvgIpc) is 3.36. The van der Waals surface area contributed by atoms with Crippen LogP contribution in [0, 0.1) is 0 Å². The van der Waals surface area contributed by atoms with Crippen LogP contribution in [0.25, 0.3) is 21.7 Å². The Morgan fingerprint density at radius 1 is 1.30 bits per heavy atom. The van der Waals surface area contributed by atoms with E-state index in [4.69, 9.17) is 14.1 Å². The van der Waals surface area contributed by atoms with Crippen molar-refractivity contribution in [1.29, 1.82) is 0 Å². The molecule has 9 heteroatoms. The second-order valence-electron chi connectivity index (χ2n) is 8.66. The summed E-state index contributed by atoms with van der Waals surface area (Å²) in [5.74, 6) is 0. The van der Waals surface area contributed by atoms with Crippen molar-refractivity contribution in [3.63, 3.8) is 0 Å². The average molecular weight is 445 g/mol. The van der Waals surface area contributed by atoms with E-state index in [1.807, 2.05) is 37.3 Å². The van der Waals surface area contributed by atoms with Gasteiger partial charge in [-0.1, -0.05) is 0 Å². The van der Waals surface area contributed by atoms with Crippen LogP contribution in [0.4, 0.5) is 10.8 Å². The molecule has 0 radical (unpaired) electrons. The zero-order chi connectivity index (χ0) is 21.0. The fraction of sp³-hybridized carbons (Fsp3) is 0.476. The normalized spacial score (nSPS) is 21.1. The van der Waals surface area contributed by atoms with Crippen LogP contribution in [0.2, 0.25) is 0 Å². The zero-order valence-electron chi connectivity index (χ0n) is 17.4. The Morgan fingerprint density at radius 3 is 2.70 bits per heavy atom. The van der Waals surface area contributed by atoms with Gasteiger partial charge in [0.05, 0.1) is 17.6 Å². The first-order chi connectivity index (χ1) is 14.3. The van der Waals surface area contributed by atoms with Gasteiger partial charge in [0.15, 0.2) is 5.58 Å². The van der Waals surface area contributed by atoms with E-state index in [0.29, 0.717) is 19.1 Å². The number of thiazole rings is 1. The zero-order valence-corrected chi connectivity index (χ0v) is 19.0. The maximum atomic E-state index is 12.5. The number of ether oxygens (including phenoxy) is 1. The maximum absolute atomic E-state index is 12.5. The minimum Gasteiger partial charge on any atom is -0.444 e. The van der Waals surface area contributed by atoms with Crippen molar-refractivity contribution in [1.82, 2.24) is 14.9 Å². The first-order valence-corrected chi connectivity index (χ1v) is 12.1. The number of hydrogen-bond acceptors (Lipinski definition) is 8. The van der Waals surface area contributed by atoms with Crippen LogP contribution in [-0.4, -0.2) is 58.0 Å². The number of carbonyl (C=O) groups is 1. The standard InChI is InChI=1S/C21H24N4O3S2/c1-21(2,3)28-20(26)25-12-9-13(25)11-24(10-12)19-23-16-15(29-4)6-5-14(17(16)27-19)18-22-7-8-30-18/h5-8,12-13H,9-11H2,1-4H3. The Labute approximate surface area is 183 Å². The summed E-state index contributed by atoms with van der Waals surface area (Å²) in [6.07, 6.45) is 4.61. The molecule has 3 aliphatic heterocycles. The molecule has 2 atom stereocenters. The summed E-state index contributed by atoms with van der Waals surface area (Å²) >= 11 is 3.24. The van der Waals surface area contributed by atoms with Crippen molar-refractivity contribution < 1.29 is 13.9 Å². The fourth-order valence-electron chi connectivity index (χ4n) is 4.18. The summed E-state index contributed by atoms with van der Waals surface area (Å²) in [6, 6.07) is 5.01. The van der Waals surface area contributed by atoms with Crippen molar-refractivity contribution in [2.45, 2.75) is 49.8 Å². The molecule has 0 N–H and O–H groups in total. The number of fused-ring (bicyclic) bond motifs is 3. The molecule has 0 saturated carbocycles. The highest BCUT2D eigenvalue weighted by atomic mass is 32.2. The molecule has 1 amide bonds. The second-order valence-corrected chi connectivity index (χ2v) is 10.4. The van der Waals surface area contributed by atoms with Crippen molar-refractivity contribution in [3.05, 3.63) is 23.7 Å². The van der Waals surface area contributed by atoms with Gasteiger partial charge in [-0.3, -0.25) is 4.90 Å². The summed E-state index contributed by atoms with van der Waals surface area (Å²) < 4.78 is 11.9. The third kappa shape index (κ3) is 3.33. The van der Waals surface area contributed by atoms with Gasteiger partial charge in [-0.25, -0.2) is 9.78 Å². The highest BCUT2D eigenvalue weighted by Crippen LogP contribution is 2.40. The lowest BCUT2D eigenvalue weighted by atomic mass is 9.88. The number of carbonyl (C=O) groups excluding carboxylic acids is 1. The quantitative estimate of drug-likeness (QED) is 0.534. The predicted molar refractivity (Wildman–Crippen MR) is 119 cm³/mol. The van der Waals surface area contributed by atoms with E-state index in [2.05, 4.69) is 22.0 Å². The Morgan fingerprint density at radius 2 is 2.07 bits per heavy atom. The molecular formula is C21H24N4O3S2. The molecule has 3 saturated heterocycles. The first kappa shape index (κ1) is 19.7. The third-order valence-corrected chi connectivity index (χ3v) is 7.02. The van der Waals surface area contributed by atoms with E-state index >= 15 is 0 Å². The number of aromatic nitrogens is 2. The minimum absolute atomic E-state index is 0.132. The molecule has 6 rings (SSSR count). The molecule has 2 bridgehead atoms. The Balaban J connectivity index is 1.42. The lowest BCUT2D eigenvalue weighted by molar-refractivity contribution is -0.0386. The molecule has 3 aromatic rings. The van der Waals surface area contributed by atoms with Crippen molar-refractivity contribution in [2.75, 3.05) is 24.2 Å². The van der Waals surface area contributed by atoms with Gasteiger partial charge >= 0.3 is 6.09 Å². The molecule has 158 valence electrons. The van der Waals surface area contributed by atoms with Gasteiger partial charge in [0.1, 0.15) is 16.1 Å². The van der Waals surface area contributed by atoms with E-state index in [-0.39, 0.29) is 18.2 Å². The second kappa shape index (κ2) is 7.16. The minimum atomic E-state index is -0.485. The van der Waals surface area contributed by atoms with Crippen molar-refractivity contribution >= 4 is 46.3 Å². The molecular weight excluding hydrogens is 420 g/mol. The van der Waals surface area contributed by atoms with Crippen LogP contribution < -0.4 is 4.90 Å². The summed E-state index contributed by atoms with van der Waals surface area (Å²) in [4.78, 5) is 26.9. The first-order valence-electron chi connectivity index (χ1n) is 9.97. The van der Waals surface area contributed by atoms with Gasteiger partial charge in [-0.15, -0.1) is 23.1 Å². The van der Waals surface area contributed by atoms with Gasteiger partial charge in [0.2, 0.25) is 0 Å². The largest absolute Gasteiger partial charge is 0.444 e. The highest BCUT2D eigenvalue weighted by molar-refractivity contribution is 7.98. The molecule has 2 unspecified atom stereocenters. The lowest BCUT2D eigenvalue weighted by Crippen LogP contribution is -2.70. The number of benzene rings is 1. The Bertz CT molecular complexity index is 1080. The molecule has 1 aromatic carbocycles. The molecule has 5 heterocycles. The summed E-state index contributed by atoms with van der Waals surface area (Å²) in [5.41, 5.74) is 2.12. The number of piperidine rings is 1. The van der Waals surface area contributed by atoms with E-state index in [1.165, 1.54) is 0 Å². The van der Waals surface area contributed by atoms with Crippen LogP contribution >= 0.6 is 23.1 Å². The summed E-state index contributed by atoms with van der Waals surface area (Å²) in [6.45, 7) is 7.09. The number of oxazole rings is 1. The summed E-state index contributed by atoms with van der Waals surface area (Å²) in [5, 5.41) is 2.89. The van der Waals surface area contributed by atoms with Crippen LogP contribution in [-0.2, 0) is 4.74 Å². The van der Waals surface area contributed by atoms with Crippen LogP contribution in [0.15, 0.2) is 33.0 Å². The van der Waals surface area contributed by atoms with E-state index in [9.17, 15) is 4.79 Å². The van der Waals surface area contributed by atoms with Gasteiger partial charge in [-0.05, 0) is 45.6 Å². The number of rotatable bonds is 3. The number of hydrogen-bond donors (Lipinski definition) is 0. The molecule has 3 aliphatic rings. The maximum Gasteiger partial charge on any atom is 0.410 e. The molecule has 7 nitrogen and oxygen atoms in total. The molecule has 0 spiro atoms. The van der Waals surface area contributed by atoms with Crippen molar-refractivity contribution in [2.24, 2.45) is 0 Å². The van der Waals surface area contributed by atoms with Crippen LogP contribution in [0.1, 0.15) is 27.2 Å². The van der Waals surface area contributed by atoms with Crippen LogP contribution in [0.3, 0.4) is 0 Å². The lowest BCUT2D eigenvalue weighted by Gasteiger charge is -2.55. The predicted octanol–water partition coefficient (Wildman–Crippen LogP) is 4.87. The number of nitrogens with zero attached hydrogens (tertiary/aromatic N) is 4. The topological polar surface area (TPSA) is 71.7 Å². The Kier molecular flexibility index (Phi) is 4.70. The molecule has 2 aromatic heterocycles. The smallest absolute Gasteiger partial charge is 0.410 e. The molecule has 30 heavy (non-hydrogen) atoms. The van der Waals surface area contributed by atoms with Crippen LogP contribution in [0.5, 0.6) is 0 Å². The number of anilines is 1. The van der Waals surface area contributed by atoms with Gasteiger partial charge < -0.3 is 14.1 Å². The van der Waals surface area contributed by atoms with Crippen molar-refractivity contribution in [3.8, 4) is 10.6 Å². The fourth-order valence-corrected chi connectivity index (χ4v) is 5.37. The highest BCUT2D eigenvalue weighted by Gasteiger charge is 2.49. The Hall–Kier alpha value is -2.26. The monoisotopic (exact) mass is 444 g/mol. The number of thioether (sulfide) groups is 1. The summed E-state index contributed by atoms with van der Waals surface area (Å²) in [7, 11) is 0. The van der Waals surface area contributed by atoms with E-state index < -0.39 is 5.60 Å². The molecule has 0 aliphatic carbocycles. The van der Waals surface area contributed by atoms with Gasteiger partial charge in [-0.2, -0.15) is 4.98 Å². The third-order valence-electron chi connectivity index (χ3n) is 5.45. The van der Waals surface area contributed by atoms with Gasteiger partial charge in [0.25, 0.3) is 6.01 Å². The number of amides is 1. The van der Waals surface area contributed by atoms with E-state index in [0.717, 1.165) is 33.0 Å². The van der Waals surface area contributed by atoms with E-state index in [1.54, 1.807) is 29.3 Å².